The second-order valence-electron chi connectivity index (χ2n) is 6.90. The van der Waals surface area contributed by atoms with Gasteiger partial charge in [0.2, 0.25) is 5.91 Å². The molecule has 30 heavy (non-hydrogen) atoms. The van der Waals surface area contributed by atoms with Gasteiger partial charge in [0.1, 0.15) is 5.56 Å². The van der Waals surface area contributed by atoms with Crippen LogP contribution in [-0.2, 0) is 17.5 Å². The summed E-state index contributed by atoms with van der Waals surface area (Å²) < 4.78 is 39.9. The van der Waals surface area contributed by atoms with Crippen molar-refractivity contribution in [2.75, 3.05) is 5.32 Å². The number of nitrogens with one attached hydrogen (secondary N) is 1. The van der Waals surface area contributed by atoms with Gasteiger partial charge >= 0.3 is 6.18 Å². The van der Waals surface area contributed by atoms with E-state index in [9.17, 15) is 38.2 Å². The predicted octanol–water partition coefficient (Wildman–Crippen LogP) is 3.93. The molecule has 10 nitrogen and oxygen atoms in total. The molecule has 160 valence electrons. The number of aromatic nitrogens is 2. The van der Waals surface area contributed by atoms with Crippen LogP contribution >= 0.6 is 0 Å². The molecule has 1 amide bonds. The van der Waals surface area contributed by atoms with Crippen LogP contribution in [0.5, 0.6) is 0 Å². The van der Waals surface area contributed by atoms with Gasteiger partial charge in [-0.15, -0.1) is 0 Å². The molecule has 1 saturated carbocycles. The van der Waals surface area contributed by atoms with Crippen LogP contribution < -0.4 is 5.32 Å². The molecule has 0 aliphatic heterocycles. The molecule has 1 aromatic carbocycles. The molecular formula is C17H16F3N5O5. The zero-order valence-corrected chi connectivity index (χ0v) is 15.6. The minimum Gasteiger partial charge on any atom is -0.326 e. The van der Waals surface area contributed by atoms with Crippen molar-refractivity contribution in [3.8, 4) is 0 Å². The zero-order valence-electron chi connectivity index (χ0n) is 15.6. The van der Waals surface area contributed by atoms with Crippen LogP contribution in [0.15, 0.2) is 18.2 Å². The quantitative estimate of drug-likeness (QED) is 0.526. The second-order valence-corrected chi connectivity index (χ2v) is 6.90. The minimum absolute atomic E-state index is 0.0286. The molecule has 0 saturated heterocycles. The van der Waals surface area contributed by atoms with E-state index in [4.69, 9.17) is 0 Å². The Morgan fingerprint density at radius 3 is 2.23 bits per heavy atom. The zero-order chi connectivity index (χ0) is 22.2. The van der Waals surface area contributed by atoms with Crippen LogP contribution in [0.1, 0.15) is 42.1 Å². The van der Waals surface area contributed by atoms with E-state index in [1.165, 1.54) is 6.92 Å². The summed E-state index contributed by atoms with van der Waals surface area (Å²) in [7, 11) is 0. The molecule has 1 aliphatic rings. The van der Waals surface area contributed by atoms with Gasteiger partial charge in [0.15, 0.2) is 5.69 Å². The van der Waals surface area contributed by atoms with E-state index in [0.717, 1.165) is 35.7 Å². The van der Waals surface area contributed by atoms with Crippen LogP contribution in [0.25, 0.3) is 0 Å². The number of alkyl halides is 3. The highest BCUT2D eigenvalue weighted by Gasteiger charge is 2.37. The highest BCUT2D eigenvalue weighted by Crippen LogP contribution is 2.42. The lowest BCUT2D eigenvalue weighted by Gasteiger charge is -2.09. The summed E-state index contributed by atoms with van der Waals surface area (Å²) >= 11 is 0. The third-order valence-corrected chi connectivity index (χ3v) is 4.68. The number of nitrogens with zero attached hydrogens (tertiary/aromatic N) is 4. The van der Waals surface area contributed by atoms with E-state index < -0.39 is 39.0 Å². The van der Waals surface area contributed by atoms with E-state index in [-0.39, 0.29) is 30.1 Å². The molecule has 2 aromatic rings. The van der Waals surface area contributed by atoms with Crippen molar-refractivity contribution in [2.45, 2.75) is 44.8 Å². The Hall–Kier alpha value is -3.51. The van der Waals surface area contributed by atoms with Crippen LogP contribution in [0.4, 0.5) is 30.2 Å². The number of halogens is 3. The second kappa shape index (κ2) is 7.72. The third-order valence-electron chi connectivity index (χ3n) is 4.68. The Morgan fingerprint density at radius 2 is 1.77 bits per heavy atom. The number of nitro benzene ring substituents is 2. The Labute approximate surface area is 167 Å². The van der Waals surface area contributed by atoms with Gasteiger partial charge in [-0.1, -0.05) is 0 Å². The number of anilines is 1. The van der Waals surface area contributed by atoms with Crippen molar-refractivity contribution < 1.29 is 27.8 Å². The SMILES string of the molecule is Cc1c([N+](=O)[O-])cc(NC(=O)CCn2nc(C(F)(F)F)cc2C2CC2)cc1[N+](=O)[O-]. The van der Waals surface area contributed by atoms with Crippen molar-refractivity contribution in [1.82, 2.24) is 9.78 Å². The van der Waals surface area contributed by atoms with Gasteiger partial charge in [0, 0.05) is 36.7 Å². The summed E-state index contributed by atoms with van der Waals surface area (Å²) in [6.07, 6.45) is -3.39. The lowest BCUT2D eigenvalue weighted by molar-refractivity contribution is -0.395. The van der Waals surface area contributed by atoms with Crippen LogP contribution in [0, 0.1) is 27.2 Å². The van der Waals surface area contributed by atoms with Gasteiger partial charge in [0.25, 0.3) is 11.4 Å². The summed E-state index contributed by atoms with van der Waals surface area (Å²) in [5.74, 6) is -0.702. The predicted molar refractivity (Wildman–Crippen MR) is 96.9 cm³/mol. The highest BCUT2D eigenvalue weighted by atomic mass is 19.4. The maximum atomic E-state index is 12.9. The molecule has 3 rings (SSSR count). The topological polar surface area (TPSA) is 133 Å². The Bertz CT molecular complexity index is 994. The lowest BCUT2D eigenvalue weighted by atomic mass is 10.1. The van der Waals surface area contributed by atoms with Crippen LogP contribution in [0.3, 0.4) is 0 Å². The fourth-order valence-electron chi connectivity index (χ4n) is 3.02. The average Bonchev–Trinajstić information content (AvgIpc) is 3.38. The summed E-state index contributed by atoms with van der Waals surface area (Å²) in [6.45, 7) is 1.08. The first-order valence-corrected chi connectivity index (χ1v) is 8.85. The number of hydrogen-bond donors (Lipinski definition) is 1. The van der Waals surface area contributed by atoms with E-state index in [1.54, 1.807) is 0 Å². The number of nitro groups is 2. The number of aryl methyl sites for hydroxylation is 1. The molecule has 0 spiro atoms. The fraction of sp³-hybridized carbons (Fsp3) is 0.412. The van der Waals surface area contributed by atoms with E-state index >= 15 is 0 Å². The van der Waals surface area contributed by atoms with Gasteiger partial charge in [-0.3, -0.25) is 29.7 Å². The summed E-state index contributed by atoms with van der Waals surface area (Å²) in [4.78, 5) is 32.8. The molecule has 13 heteroatoms. The standard InChI is InChI=1S/C17H16F3N5O5/c1-9-12(24(27)28)6-11(7-13(9)25(29)30)21-16(26)4-5-23-14(10-2-3-10)8-15(22-23)17(18,19)20/h6-8,10H,2-5H2,1H3,(H,21,26). The average molecular weight is 427 g/mol. The Kier molecular flexibility index (Phi) is 5.46. The van der Waals surface area contributed by atoms with Crippen molar-refractivity contribution in [2.24, 2.45) is 0 Å². The van der Waals surface area contributed by atoms with Crippen LogP contribution in [0.2, 0.25) is 0 Å². The Morgan fingerprint density at radius 1 is 1.20 bits per heavy atom. The first-order chi connectivity index (χ1) is 14.0. The van der Waals surface area contributed by atoms with E-state index in [0.29, 0.717) is 5.69 Å². The van der Waals surface area contributed by atoms with E-state index in [1.807, 2.05) is 0 Å². The van der Waals surface area contributed by atoms with Crippen molar-refractivity contribution in [3.63, 3.8) is 0 Å². The first-order valence-electron chi connectivity index (χ1n) is 8.85. The fourth-order valence-corrected chi connectivity index (χ4v) is 3.02. The van der Waals surface area contributed by atoms with Crippen molar-refractivity contribution in [1.29, 1.82) is 0 Å². The molecule has 1 aliphatic carbocycles. The molecular weight excluding hydrogens is 411 g/mol. The third kappa shape index (κ3) is 4.55. The van der Waals surface area contributed by atoms with Gasteiger partial charge in [-0.25, -0.2) is 0 Å². The Balaban J connectivity index is 1.75. The van der Waals surface area contributed by atoms with Gasteiger partial charge < -0.3 is 5.32 Å². The number of carbonyl (C=O) groups excluding carboxylic acids is 1. The monoisotopic (exact) mass is 427 g/mol. The number of benzene rings is 1. The van der Waals surface area contributed by atoms with Gasteiger partial charge in [-0.05, 0) is 25.8 Å². The normalized spacial score (nSPS) is 13.9. The molecule has 0 bridgehead atoms. The first kappa shape index (κ1) is 21.2. The summed E-state index contributed by atoms with van der Waals surface area (Å²) in [5, 5.41) is 28.1. The number of rotatable bonds is 7. The van der Waals surface area contributed by atoms with Crippen molar-refractivity contribution >= 4 is 23.0 Å². The number of carbonyl (C=O) groups is 1. The largest absolute Gasteiger partial charge is 0.435 e. The molecule has 1 heterocycles. The highest BCUT2D eigenvalue weighted by molar-refractivity contribution is 5.91. The summed E-state index contributed by atoms with van der Waals surface area (Å²) in [6, 6.07) is 2.96. The van der Waals surface area contributed by atoms with Crippen LogP contribution in [-0.4, -0.2) is 25.5 Å². The molecule has 1 fully saturated rings. The number of amides is 1. The smallest absolute Gasteiger partial charge is 0.326 e. The molecule has 0 unspecified atom stereocenters. The number of hydrogen-bond acceptors (Lipinski definition) is 6. The molecule has 1 N–H and O–H groups in total. The van der Waals surface area contributed by atoms with Gasteiger partial charge in [-0.2, -0.15) is 18.3 Å². The minimum atomic E-state index is -4.60. The van der Waals surface area contributed by atoms with E-state index in [2.05, 4.69) is 10.4 Å². The summed E-state index contributed by atoms with van der Waals surface area (Å²) in [5.41, 5.74) is -2.00. The molecule has 0 atom stereocenters. The molecule has 0 radical (unpaired) electrons. The van der Waals surface area contributed by atoms with Gasteiger partial charge in [0.05, 0.1) is 15.5 Å². The van der Waals surface area contributed by atoms with Crippen molar-refractivity contribution in [3.05, 3.63) is 55.4 Å². The lowest BCUT2D eigenvalue weighted by Crippen LogP contribution is -2.17. The maximum absolute atomic E-state index is 12.9. The maximum Gasteiger partial charge on any atom is 0.435 e. The molecule has 1 aromatic heterocycles.